The van der Waals surface area contributed by atoms with Crippen LogP contribution < -0.4 is 15.8 Å². The Balaban J connectivity index is 1.91. The Hall–Kier alpha value is -2.61. The van der Waals surface area contributed by atoms with Gasteiger partial charge in [0.05, 0.1) is 28.8 Å². The number of nitro groups is 1. The summed E-state index contributed by atoms with van der Waals surface area (Å²) in [5.41, 5.74) is 2.52. The second-order valence-corrected chi connectivity index (χ2v) is 6.40. The number of hydrogen-bond acceptors (Lipinski definition) is 5. The van der Waals surface area contributed by atoms with Gasteiger partial charge in [0.2, 0.25) is 0 Å². The zero-order valence-corrected chi connectivity index (χ0v) is 13.4. The van der Waals surface area contributed by atoms with Crippen molar-refractivity contribution in [3.63, 3.8) is 0 Å². The van der Waals surface area contributed by atoms with Gasteiger partial charge in [0.15, 0.2) is 0 Å². The third kappa shape index (κ3) is 2.14. The molecule has 0 saturated carbocycles. The molecule has 1 saturated heterocycles. The monoisotopic (exact) mass is 329 g/mol. The van der Waals surface area contributed by atoms with E-state index in [1.807, 2.05) is 16.6 Å². The van der Waals surface area contributed by atoms with Gasteiger partial charge in [-0.15, -0.1) is 0 Å². The van der Waals surface area contributed by atoms with Crippen LogP contribution in [0.3, 0.4) is 0 Å². The van der Waals surface area contributed by atoms with Gasteiger partial charge in [0.25, 0.3) is 11.2 Å². The van der Waals surface area contributed by atoms with Crippen LogP contribution in [0.5, 0.6) is 0 Å². The van der Waals surface area contributed by atoms with Crippen molar-refractivity contribution < 1.29 is 4.92 Å². The molecule has 2 N–H and O–H groups in total. The normalized spacial score (nSPS) is 17.5. The van der Waals surface area contributed by atoms with Crippen LogP contribution in [0, 0.1) is 10.1 Å². The number of aromatic nitrogens is 2. The highest BCUT2D eigenvalue weighted by Gasteiger charge is 2.33. The van der Waals surface area contributed by atoms with Gasteiger partial charge < -0.3 is 10.2 Å². The molecular weight excluding hydrogens is 310 g/mol. The summed E-state index contributed by atoms with van der Waals surface area (Å²) < 4.78 is 1.98. The highest BCUT2D eigenvalue weighted by atomic mass is 16.6. The molecule has 0 atom stereocenters. The van der Waals surface area contributed by atoms with Crippen molar-refractivity contribution in [3.05, 3.63) is 44.4 Å². The lowest BCUT2D eigenvalue weighted by Gasteiger charge is -2.30. The van der Waals surface area contributed by atoms with Crippen LogP contribution in [0.2, 0.25) is 0 Å². The molecule has 0 unspecified atom stereocenters. The van der Waals surface area contributed by atoms with Crippen LogP contribution in [-0.4, -0.2) is 34.8 Å². The lowest BCUT2D eigenvalue weighted by Crippen LogP contribution is -2.32. The third-order valence-corrected chi connectivity index (χ3v) is 4.95. The SMILES string of the molecule is CN1Cc2c(c(=O)[nH]n2C2CCNCC2)-c2cccc([N+](=O)[O-])c21. The third-order valence-electron chi connectivity index (χ3n) is 4.95. The Kier molecular flexibility index (Phi) is 3.42. The maximum Gasteiger partial charge on any atom is 0.293 e. The number of nitrogens with zero attached hydrogens (tertiary/aromatic N) is 3. The summed E-state index contributed by atoms with van der Waals surface area (Å²) in [6, 6.07) is 5.18. The summed E-state index contributed by atoms with van der Waals surface area (Å²) in [7, 11) is 1.83. The van der Waals surface area contributed by atoms with Crippen LogP contribution in [0.25, 0.3) is 11.1 Å². The van der Waals surface area contributed by atoms with Crippen molar-refractivity contribution in [1.82, 2.24) is 15.1 Å². The summed E-state index contributed by atoms with van der Waals surface area (Å²) in [6.07, 6.45) is 1.92. The largest absolute Gasteiger partial charge is 0.363 e. The standard InChI is InChI=1S/C16H19N5O3/c1-19-9-13-14(11-3-2-4-12(15(11)19)21(23)24)16(22)18-20(13)10-5-7-17-8-6-10/h2-4,10,17H,5-9H2,1H3,(H,18,22). The summed E-state index contributed by atoms with van der Waals surface area (Å²) >= 11 is 0. The molecule has 0 amide bonds. The van der Waals surface area contributed by atoms with Gasteiger partial charge in [-0.1, -0.05) is 12.1 Å². The number of benzene rings is 1. The van der Waals surface area contributed by atoms with Gasteiger partial charge in [-0.3, -0.25) is 24.7 Å². The number of nitro benzene ring substituents is 1. The fourth-order valence-electron chi connectivity index (χ4n) is 3.88. The molecule has 0 radical (unpaired) electrons. The molecule has 3 heterocycles. The molecule has 0 aliphatic carbocycles. The lowest BCUT2D eigenvalue weighted by molar-refractivity contribution is -0.384. The molecule has 0 spiro atoms. The van der Waals surface area contributed by atoms with Crippen LogP contribution >= 0.6 is 0 Å². The molecule has 24 heavy (non-hydrogen) atoms. The minimum Gasteiger partial charge on any atom is -0.363 e. The fraction of sp³-hybridized carbons (Fsp3) is 0.438. The highest BCUT2D eigenvalue weighted by molar-refractivity contribution is 5.88. The van der Waals surface area contributed by atoms with E-state index in [1.165, 1.54) is 6.07 Å². The molecule has 1 aromatic heterocycles. The number of nitrogens with one attached hydrogen (secondary N) is 2. The Morgan fingerprint density at radius 2 is 2.04 bits per heavy atom. The van der Waals surface area contributed by atoms with Gasteiger partial charge in [-0.05, 0) is 25.9 Å². The number of fused-ring (bicyclic) bond motifs is 3. The van der Waals surface area contributed by atoms with Gasteiger partial charge in [0, 0.05) is 18.7 Å². The van der Waals surface area contributed by atoms with Gasteiger partial charge in [-0.2, -0.15) is 0 Å². The van der Waals surface area contributed by atoms with Crippen molar-refractivity contribution >= 4 is 11.4 Å². The van der Waals surface area contributed by atoms with E-state index in [2.05, 4.69) is 10.4 Å². The van der Waals surface area contributed by atoms with E-state index in [4.69, 9.17) is 0 Å². The van der Waals surface area contributed by atoms with Gasteiger partial charge in [-0.25, -0.2) is 0 Å². The predicted octanol–water partition coefficient (Wildman–Crippen LogP) is 1.63. The summed E-state index contributed by atoms with van der Waals surface area (Å²) in [5, 5.41) is 17.6. The quantitative estimate of drug-likeness (QED) is 0.645. The Bertz CT molecular complexity index is 863. The molecule has 4 rings (SSSR count). The molecule has 2 aliphatic rings. The first kappa shape index (κ1) is 14.9. The Morgan fingerprint density at radius 1 is 1.29 bits per heavy atom. The van der Waals surface area contributed by atoms with Gasteiger partial charge >= 0.3 is 0 Å². The number of aromatic amines is 1. The second-order valence-electron chi connectivity index (χ2n) is 6.40. The maximum atomic E-state index is 12.6. The van der Waals surface area contributed by atoms with E-state index in [0.29, 0.717) is 23.4 Å². The Labute approximate surface area is 138 Å². The van der Waals surface area contributed by atoms with E-state index >= 15 is 0 Å². The molecular formula is C16H19N5O3. The molecule has 2 aromatic rings. The first-order valence-electron chi connectivity index (χ1n) is 8.11. The van der Waals surface area contributed by atoms with Crippen LogP contribution in [-0.2, 0) is 6.54 Å². The number of hydrogen-bond donors (Lipinski definition) is 2. The minimum absolute atomic E-state index is 0.0367. The van der Waals surface area contributed by atoms with Crippen molar-refractivity contribution in [2.75, 3.05) is 25.0 Å². The lowest BCUT2D eigenvalue weighted by atomic mass is 9.97. The zero-order chi connectivity index (χ0) is 16.8. The fourth-order valence-corrected chi connectivity index (χ4v) is 3.88. The van der Waals surface area contributed by atoms with E-state index in [9.17, 15) is 14.9 Å². The number of rotatable bonds is 2. The van der Waals surface area contributed by atoms with Crippen LogP contribution in [0.1, 0.15) is 24.6 Å². The first-order chi connectivity index (χ1) is 11.6. The maximum absolute atomic E-state index is 12.6. The summed E-state index contributed by atoms with van der Waals surface area (Å²) in [5.74, 6) is 0. The topological polar surface area (TPSA) is 96.2 Å². The average molecular weight is 329 g/mol. The van der Waals surface area contributed by atoms with Gasteiger partial charge in [0.1, 0.15) is 5.69 Å². The molecule has 2 aliphatic heterocycles. The predicted molar refractivity (Wildman–Crippen MR) is 90.4 cm³/mol. The molecule has 0 bridgehead atoms. The van der Waals surface area contributed by atoms with Crippen molar-refractivity contribution in [1.29, 1.82) is 0 Å². The minimum atomic E-state index is -0.391. The average Bonchev–Trinajstić information content (AvgIpc) is 2.92. The van der Waals surface area contributed by atoms with Crippen LogP contribution in [0.15, 0.2) is 23.0 Å². The molecule has 8 heteroatoms. The Morgan fingerprint density at radius 3 is 2.75 bits per heavy atom. The van der Waals surface area contributed by atoms with E-state index in [-0.39, 0.29) is 17.3 Å². The van der Waals surface area contributed by atoms with Crippen molar-refractivity contribution in [2.24, 2.45) is 0 Å². The first-order valence-corrected chi connectivity index (χ1v) is 8.11. The molecule has 8 nitrogen and oxygen atoms in total. The highest BCUT2D eigenvalue weighted by Crippen LogP contribution is 2.42. The summed E-state index contributed by atoms with van der Waals surface area (Å²) in [6.45, 7) is 2.34. The number of anilines is 1. The molecule has 126 valence electrons. The smallest absolute Gasteiger partial charge is 0.293 e. The van der Waals surface area contributed by atoms with E-state index < -0.39 is 4.92 Å². The zero-order valence-electron chi connectivity index (χ0n) is 13.4. The van der Waals surface area contributed by atoms with Crippen LogP contribution in [0.4, 0.5) is 11.4 Å². The molecule has 1 fully saturated rings. The van der Waals surface area contributed by atoms with E-state index in [1.54, 1.807) is 12.1 Å². The molecule has 1 aromatic carbocycles. The van der Waals surface area contributed by atoms with Crippen molar-refractivity contribution in [3.8, 4) is 11.1 Å². The van der Waals surface area contributed by atoms with Crippen molar-refractivity contribution in [2.45, 2.75) is 25.4 Å². The van der Waals surface area contributed by atoms with E-state index in [0.717, 1.165) is 31.6 Å². The number of H-pyrrole nitrogens is 1. The second kappa shape index (κ2) is 5.48. The summed E-state index contributed by atoms with van der Waals surface area (Å²) in [4.78, 5) is 25.4. The number of para-hydroxylation sites is 1. The number of piperidine rings is 1.